The van der Waals surface area contributed by atoms with Gasteiger partial charge in [0.05, 0.1) is 6.61 Å². The zero-order valence-electron chi connectivity index (χ0n) is 14.4. The summed E-state index contributed by atoms with van der Waals surface area (Å²) < 4.78 is 16.5. The summed E-state index contributed by atoms with van der Waals surface area (Å²) in [7, 11) is 1.75. The number of rotatable bonds is 11. The summed E-state index contributed by atoms with van der Waals surface area (Å²) in [5.41, 5.74) is 2.67. The molecule has 1 saturated heterocycles. The van der Waals surface area contributed by atoms with Gasteiger partial charge >= 0.3 is 0 Å². The van der Waals surface area contributed by atoms with Crippen molar-refractivity contribution in [2.24, 2.45) is 0 Å². The maximum absolute atomic E-state index is 5.81. The molecule has 1 aliphatic rings. The van der Waals surface area contributed by atoms with Gasteiger partial charge in [0.15, 0.2) is 6.29 Å². The number of benzene rings is 1. The van der Waals surface area contributed by atoms with Crippen LogP contribution >= 0.6 is 0 Å². The first-order chi connectivity index (χ1) is 11.4. The van der Waals surface area contributed by atoms with E-state index in [1.54, 1.807) is 7.11 Å². The molecule has 0 aliphatic carbocycles. The SMILES string of the molecule is COCCCCNCc1cccc(CCOC2CCCCO2)c1. The summed E-state index contributed by atoms with van der Waals surface area (Å²) in [5, 5.41) is 3.49. The molecule has 1 aromatic carbocycles. The second kappa shape index (κ2) is 11.6. The Morgan fingerprint density at radius 1 is 1.17 bits per heavy atom. The minimum absolute atomic E-state index is 0.0145. The number of ether oxygens (including phenoxy) is 3. The zero-order valence-corrected chi connectivity index (χ0v) is 14.4. The molecule has 1 fully saturated rings. The van der Waals surface area contributed by atoms with Crippen molar-refractivity contribution in [3.05, 3.63) is 35.4 Å². The van der Waals surface area contributed by atoms with Crippen LogP contribution in [0.3, 0.4) is 0 Å². The molecule has 0 aromatic heterocycles. The summed E-state index contributed by atoms with van der Waals surface area (Å²) in [6, 6.07) is 8.76. The molecule has 1 unspecified atom stereocenters. The fourth-order valence-corrected chi connectivity index (χ4v) is 2.78. The molecule has 1 aromatic rings. The second-order valence-electron chi connectivity index (χ2n) is 6.11. The van der Waals surface area contributed by atoms with Crippen molar-refractivity contribution in [3.63, 3.8) is 0 Å². The molecular weight excluding hydrogens is 290 g/mol. The van der Waals surface area contributed by atoms with Gasteiger partial charge < -0.3 is 19.5 Å². The smallest absolute Gasteiger partial charge is 0.157 e. The Kier molecular flexibility index (Phi) is 9.26. The molecule has 4 nitrogen and oxygen atoms in total. The molecule has 130 valence electrons. The van der Waals surface area contributed by atoms with Gasteiger partial charge in [-0.05, 0) is 56.2 Å². The Morgan fingerprint density at radius 2 is 2.09 bits per heavy atom. The van der Waals surface area contributed by atoms with E-state index in [9.17, 15) is 0 Å². The first-order valence-corrected chi connectivity index (χ1v) is 8.89. The molecule has 0 amide bonds. The minimum Gasteiger partial charge on any atom is -0.385 e. The molecule has 0 saturated carbocycles. The van der Waals surface area contributed by atoms with E-state index in [2.05, 4.69) is 29.6 Å². The van der Waals surface area contributed by atoms with Crippen LogP contribution in [-0.2, 0) is 27.2 Å². The predicted octanol–water partition coefficient (Wildman–Crippen LogP) is 3.29. The molecule has 2 rings (SSSR count). The average molecular weight is 321 g/mol. The number of nitrogens with one attached hydrogen (secondary N) is 1. The summed E-state index contributed by atoms with van der Waals surface area (Å²) in [4.78, 5) is 0. The van der Waals surface area contributed by atoms with Gasteiger partial charge in [0.1, 0.15) is 0 Å². The maximum atomic E-state index is 5.81. The standard InChI is InChI=1S/C19H31NO3/c1-21-12-5-3-11-20-16-18-8-6-7-17(15-18)10-14-23-19-9-2-4-13-22-19/h6-8,15,19-20H,2-5,9-14,16H2,1H3. The highest BCUT2D eigenvalue weighted by Crippen LogP contribution is 2.14. The van der Waals surface area contributed by atoms with Crippen LogP contribution in [0.5, 0.6) is 0 Å². The van der Waals surface area contributed by atoms with Crippen LogP contribution < -0.4 is 5.32 Å². The van der Waals surface area contributed by atoms with Crippen LogP contribution in [0.4, 0.5) is 0 Å². The monoisotopic (exact) mass is 321 g/mol. The molecule has 0 bridgehead atoms. The third-order valence-corrected chi connectivity index (χ3v) is 4.10. The molecule has 1 heterocycles. The van der Waals surface area contributed by atoms with E-state index in [0.717, 1.165) is 58.6 Å². The van der Waals surface area contributed by atoms with Crippen molar-refractivity contribution in [1.82, 2.24) is 5.32 Å². The van der Waals surface area contributed by atoms with E-state index >= 15 is 0 Å². The Morgan fingerprint density at radius 3 is 2.91 bits per heavy atom. The van der Waals surface area contributed by atoms with Crippen molar-refractivity contribution < 1.29 is 14.2 Å². The molecule has 23 heavy (non-hydrogen) atoms. The quantitative estimate of drug-likeness (QED) is 0.635. The first-order valence-electron chi connectivity index (χ1n) is 8.89. The van der Waals surface area contributed by atoms with E-state index in [1.165, 1.54) is 24.0 Å². The van der Waals surface area contributed by atoms with Crippen molar-refractivity contribution >= 4 is 0 Å². The molecule has 1 N–H and O–H groups in total. The number of hydrogen-bond donors (Lipinski definition) is 1. The van der Waals surface area contributed by atoms with E-state index in [1.807, 2.05) is 0 Å². The maximum Gasteiger partial charge on any atom is 0.157 e. The van der Waals surface area contributed by atoms with E-state index in [0.29, 0.717) is 0 Å². The van der Waals surface area contributed by atoms with Crippen molar-refractivity contribution in [2.45, 2.75) is 51.4 Å². The fourth-order valence-electron chi connectivity index (χ4n) is 2.78. The van der Waals surface area contributed by atoms with Gasteiger partial charge in [-0.15, -0.1) is 0 Å². The van der Waals surface area contributed by atoms with E-state index in [-0.39, 0.29) is 6.29 Å². The van der Waals surface area contributed by atoms with Crippen molar-refractivity contribution in [1.29, 1.82) is 0 Å². The Bertz CT molecular complexity index is 419. The van der Waals surface area contributed by atoms with Gasteiger partial charge in [0, 0.05) is 26.9 Å². The Hall–Kier alpha value is -0.940. The molecule has 0 spiro atoms. The lowest BCUT2D eigenvalue weighted by Crippen LogP contribution is -2.23. The largest absolute Gasteiger partial charge is 0.385 e. The first kappa shape index (κ1) is 18.4. The second-order valence-corrected chi connectivity index (χ2v) is 6.11. The number of unbranched alkanes of at least 4 members (excludes halogenated alkanes) is 1. The fraction of sp³-hybridized carbons (Fsp3) is 0.684. The van der Waals surface area contributed by atoms with Crippen LogP contribution in [0.15, 0.2) is 24.3 Å². The van der Waals surface area contributed by atoms with E-state index in [4.69, 9.17) is 14.2 Å². The molecule has 0 radical (unpaired) electrons. The van der Waals surface area contributed by atoms with Gasteiger partial charge in [0.25, 0.3) is 0 Å². The normalized spacial score (nSPS) is 18.2. The average Bonchev–Trinajstić information content (AvgIpc) is 2.59. The van der Waals surface area contributed by atoms with Crippen LogP contribution in [0, 0.1) is 0 Å². The topological polar surface area (TPSA) is 39.7 Å². The van der Waals surface area contributed by atoms with Crippen LogP contribution in [-0.4, -0.2) is 39.8 Å². The third-order valence-electron chi connectivity index (χ3n) is 4.10. The summed E-state index contributed by atoms with van der Waals surface area (Å²) >= 11 is 0. The van der Waals surface area contributed by atoms with Gasteiger partial charge in [-0.1, -0.05) is 24.3 Å². The summed E-state index contributed by atoms with van der Waals surface area (Å²) in [6.07, 6.45) is 6.65. The lowest BCUT2D eigenvalue weighted by Gasteiger charge is -2.22. The Labute approximate surface area is 140 Å². The van der Waals surface area contributed by atoms with Crippen LogP contribution in [0.2, 0.25) is 0 Å². The lowest BCUT2D eigenvalue weighted by atomic mass is 10.1. The highest BCUT2D eigenvalue weighted by atomic mass is 16.7. The van der Waals surface area contributed by atoms with Crippen LogP contribution in [0.25, 0.3) is 0 Å². The molecule has 1 aliphatic heterocycles. The number of hydrogen-bond acceptors (Lipinski definition) is 4. The van der Waals surface area contributed by atoms with Gasteiger partial charge in [-0.25, -0.2) is 0 Å². The lowest BCUT2D eigenvalue weighted by molar-refractivity contribution is -0.161. The highest BCUT2D eigenvalue weighted by Gasteiger charge is 2.13. The van der Waals surface area contributed by atoms with Crippen LogP contribution in [0.1, 0.15) is 43.2 Å². The molecular formula is C19H31NO3. The molecule has 4 heteroatoms. The van der Waals surface area contributed by atoms with Crippen molar-refractivity contribution in [2.75, 3.05) is 33.5 Å². The molecule has 1 atom stereocenters. The van der Waals surface area contributed by atoms with Gasteiger partial charge in [-0.2, -0.15) is 0 Å². The Balaban J connectivity index is 1.61. The minimum atomic E-state index is 0.0145. The number of methoxy groups -OCH3 is 1. The van der Waals surface area contributed by atoms with Gasteiger partial charge in [-0.3, -0.25) is 0 Å². The highest BCUT2D eigenvalue weighted by molar-refractivity contribution is 5.23. The third kappa shape index (κ3) is 7.93. The van der Waals surface area contributed by atoms with E-state index < -0.39 is 0 Å². The zero-order chi connectivity index (χ0) is 16.2. The van der Waals surface area contributed by atoms with Crippen molar-refractivity contribution in [3.8, 4) is 0 Å². The summed E-state index contributed by atoms with van der Waals surface area (Å²) in [6.45, 7) is 4.39. The summed E-state index contributed by atoms with van der Waals surface area (Å²) in [5.74, 6) is 0. The van der Waals surface area contributed by atoms with Gasteiger partial charge in [0.2, 0.25) is 0 Å². The predicted molar refractivity (Wildman–Crippen MR) is 92.5 cm³/mol.